The molecule has 1 aromatic carbocycles. The van der Waals surface area contributed by atoms with E-state index in [2.05, 4.69) is 5.16 Å². The number of benzene rings is 1. The molecule has 0 unspecified atom stereocenters. The zero-order valence-electron chi connectivity index (χ0n) is 16.1. The SMILES string of the molecule is COc1cc(-c2onc(N(C)C)c2C(=O)N2CC[C@H](CO)[C@@H](O)C2)ccc1F. The summed E-state index contributed by atoms with van der Waals surface area (Å²) in [6.07, 6.45) is -0.314. The lowest BCUT2D eigenvalue weighted by Gasteiger charge is -2.35. The number of β-amino-alcohol motifs (C(OH)–C–C–N with tert-alkyl or cyclic N) is 1. The van der Waals surface area contributed by atoms with Gasteiger partial charge in [0.1, 0.15) is 5.56 Å². The fourth-order valence-corrected chi connectivity index (χ4v) is 3.31. The van der Waals surface area contributed by atoms with Gasteiger partial charge in [-0.1, -0.05) is 5.16 Å². The Bertz CT molecular complexity index is 854. The van der Waals surface area contributed by atoms with Gasteiger partial charge in [0.2, 0.25) is 0 Å². The summed E-state index contributed by atoms with van der Waals surface area (Å²) in [7, 11) is 4.82. The summed E-state index contributed by atoms with van der Waals surface area (Å²) in [5, 5.41) is 23.5. The summed E-state index contributed by atoms with van der Waals surface area (Å²) >= 11 is 0. The second-order valence-corrected chi connectivity index (χ2v) is 7.00. The molecule has 0 aliphatic carbocycles. The van der Waals surface area contributed by atoms with Crippen LogP contribution in [0.2, 0.25) is 0 Å². The van der Waals surface area contributed by atoms with Crippen LogP contribution in [0.15, 0.2) is 22.7 Å². The molecule has 0 radical (unpaired) electrons. The maximum atomic E-state index is 13.8. The first-order valence-corrected chi connectivity index (χ1v) is 8.96. The van der Waals surface area contributed by atoms with Crippen molar-refractivity contribution in [3.63, 3.8) is 0 Å². The summed E-state index contributed by atoms with van der Waals surface area (Å²) in [5.41, 5.74) is 0.682. The number of amides is 1. The Hall–Kier alpha value is -2.65. The minimum atomic E-state index is -0.806. The molecule has 2 N–H and O–H groups in total. The van der Waals surface area contributed by atoms with Crippen LogP contribution >= 0.6 is 0 Å². The van der Waals surface area contributed by atoms with E-state index >= 15 is 0 Å². The van der Waals surface area contributed by atoms with E-state index in [9.17, 15) is 19.4 Å². The normalized spacial score (nSPS) is 19.6. The van der Waals surface area contributed by atoms with Crippen LogP contribution in [0.5, 0.6) is 5.75 Å². The van der Waals surface area contributed by atoms with Gasteiger partial charge in [0.25, 0.3) is 5.91 Å². The number of hydrogen-bond donors (Lipinski definition) is 2. The molecule has 1 amide bonds. The second-order valence-electron chi connectivity index (χ2n) is 7.00. The fraction of sp³-hybridized carbons (Fsp3) is 0.474. The molecule has 0 spiro atoms. The molecule has 9 heteroatoms. The monoisotopic (exact) mass is 393 g/mol. The highest BCUT2D eigenvalue weighted by atomic mass is 19.1. The Morgan fingerprint density at radius 3 is 2.82 bits per heavy atom. The molecule has 1 aliphatic rings. The quantitative estimate of drug-likeness (QED) is 0.792. The molecule has 2 heterocycles. The molecule has 3 rings (SSSR count). The summed E-state index contributed by atoms with van der Waals surface area (Å²) < 4.78 is 24.2. The maximum Gasteiger partial charge on any atom is 0.261 e. The molecule has 28 heavy (non-hydrogen) atoms. The average Bonchev–Trinajstić information content (AvgIpc) is 3.13. The van der Waals surface area contributed by atoms with Gasteiger partial charge in [-0.3, -0.25) is 4.79 Å². The minimum Gasteiger partial charge on any atom is -0.494 e. The number of aliphatic hydroxyl groups is 2. The van der Waals surface area contributed by atoms with Crippen molar-refractivity contribution in [2.75, 3.05) is 45.8 Å². The summed E-state index contributed by atoms with van der Waals surface area (Å²) in [4.78, 5) is 16.4. The first kappa shape index (κ1) is 20.1. The molecule has 152 valence electrons. The van der Waals surface area contributed by atoms with Crippen LogP contribution in [0, 0.1) is 11.7 Å². The van der Waals surface area contributed by atoms with E-state index in [1.165, 1.54) is 30.2 Å². The van der Waals surface area contributed by atoms with Crippen LogP contribution in [-0.4, -0.2) is 73.2 Å². The van der Waals surface area contributed by atoms with Crippen LogP contribution in [0.4, 0.5) is 10.2 Å². The number of likely N-dealkylation sites (tertiary alicyclic amines) is 1. The van der Waals surface area contributed by atoms with E-state index in [-0.39, 0.29) is 42.0 Å². The maximum absolute atomic E-state index is 13.8. The highest BCUT2D eigenvalue weighted by Gasteiger charge is 2.34. The summed E-state index contributed by atoms with van der Waals surface area (Å²) in [5.74, 6) is -0.564. The first-order chi connectivity index (χ1) is 13.4. The third kappa shape index (κ3) is 3.67. The lowest BCUT2D eigenvalue weighted by atomic mass is 9.94. The lowest BCUT2D eigenvalue weighted by Crippen LogP contribution is -2.47. The largest absolute Gasteiger partial charge is 0.494 e. The molecule has 8 nitrogen and oxygen atoms in total. The Morgan fingerprint density at radius 1 is 1.46 bits per heavy atom. The van der Waals surface area contributed by atoms with Crippen molar-refractivity contribution in [2.45, 2.75) is 12.5 Å². The van der Waals surface area contributed by atoms with Crippen molar-refractivity contribution >= 4 is 11.7 Å². The Morgan fingerprint density at radius 2 is 2.21 bits per heavy atom. The standard InChI is InChI=1S/C19H24FN3O5/c1-22(2)18-16(19(26)23-7-6-12(10-24)14(25)9-23)17(28-21-18)11-4-5-13(20)15(8-11)27-3/h4-5,8,12,14,24-25H,6-7,9-10H2,1-3H3/t12-,14+/m1/s1. The molecule has 1 aromatic heterocycles. The molecular weight excluding hydrogens is 369 g/mol. The number of halogens is 1. The van der Waals surface area contributed by atoms with E-state index in [1.54, 1.807) is 19.0 Å². The van der Waals surface area contributed by atoms with Gasteiger partial charge in [-0.2, -0.15) is 0 Å². The molecule has 0 bridgehead atoms. The van der Waals surface area contributed by atoms with Gasteiger partial charge in [0.15, 0.2) is 23.1 Å². The molecule has 0 saturated carbocycles. The smallest absolute Gasteiger partial charge is 0.261 e. The Balaban J connectivity index is 2.00. The van der Waals surface area contributed by atoms with Gasteiger partial charge in [-0.15, -0.1) is 0 Å². The van der Waals surface area contributed by atoms with E-state index in [0.29, 0.717) is 24.3 Å². The average molecular weight is 393 g/mol. The first-order valence-electron chi connectivity index (χ1n) is 8.96. The van der Waals surface area contributed by atoms with Crippen molar-refractivity contribution in [3.8, 4) is 17.1 Å². The minimum absolute atomic E-state index is 0.0258. The van der Waals surface area contributed by atoms with Gasteiger partial charge in [0.05, 0.1) is 13.2 Å². The van der Waals surface area contributed by atoms with Gasteiger partial charge < -0.3 is 29.3 Å². The van der Waals surface area contributed by atoms with Gasteiger partial charge in [0, 0.05) is 45.3 Å². The number of methoxy groups -OCH3 is 1. The van der Waals surface area contributed by atoms with Crippen molar-refractivity contribution in [1.29, 1.82) is 0 Å². The molecule has 1 saturated heterocycles. The number of ether oxygens (including phenoxy) is 1. The van der Waals surface area contributed by atoms with E-state index in [0.717, 1.165) is 0 Å². The van der Waals surface area contributed by atoms with Crippen LogP contribution < -0.4 is 9.64 Å². The van der Waals surface area contributed by atoms with Crippen LogP contribution in [0.25, 0.3) is 11.3 Å². The van der Waals surface area contributed by atoms with Gasteiger partial charge in [-0.25, -0.2) is 4.39 Å². The fourth-order valence-electron chi connectivity index (χ4n) is 3.31. The third-order valence-corrected chi connectivity index (χ3v) is 4.97. The molecule has 1 fully saturated rings. The highest BCUT2D eigenvalue weighted by molar-refractivity contribution is 6.04. The predicted molar refractivity (Wildman–Crippen MR) is 99.9 cm³/mol. The number of piperidine rings is 1. The molecular formula is C19H24FN3O5. The summed E-state index contributed by atoms with van der Waals surface area (Å²) in [6, 6.07) is 4.16. The van der Waals surface area contributed by atoms with Gasteiger partial charge in [-0.05, 0) is 24.6 Å². The molecule has 2 atom stereocenters. The number of aromatic nitrogens is 1. The van der Waals surface area contributed by atoms with E-state index in [1.807, 2.05) is 0 Å². The number of anilines is 1. The van der Waals surface area contributed by atoms with Crippen LogP contribution in [0.1, 0.15) is 16.8 Å². The number of carbonyl (C=O) groups excluding carboxylic acids is 1. The number of carbonyl (C=O) groups is 1. The Kier molecular flexibility index (Phi) is 5.85. The van der Waals surface area contributed by atoms with Crippen molar-refractivity contribution < 1.29 is 28.7 Å². The number of rotatable bonds is 5. The van der Waals surface area contributed by atoms with Crippen molar-refractivity contribution in [3.05, 3.63) is 29.6 Å². The van der Waals surface area contributed by atoms with Gasteiger partial charge >= 0.3 is 0 Å². The Labute approximate surface area is 162 Å². The van der Waals surface area contributed by atoms with Crippen molar-refractivity contribution in [1.82, 2.24) is 10.1 Å². The topological polar surface area (TPSA) is 99.3 Å². The van der Waals surface area contributed by atoms with E-state index in [4.69, 9.17) is 9.26 Å². The number of nitrogens with zero attached hydrogens (tertiary/aromatic N) is 3. The van der Waals surface area contributed by atoms with Crippen molar-refractivity contribution in [2.24, 2.45) is 5.92 Å². The van der Waals surface area contributed by atoms with E-state index < -0.39 is 11.9 Å². The molecule has 1 aliphatic heterocycles. The zero-order valence-corrected chi connectivity index (χ0v) is 16.1. The van der Waals surface area contributed by atoms with Crippen LogP contribution in [0.3, 0.4) is 0 Å². The predicted octanol–water partition coefficient (Wildman–Crippen LogP) is 1.37. The number of hydrogen-bond acceptors (Lipinski definition) is 7. The summed E-state index contributed by atoms with van der Waals surface area (Å²) in [6.45, 7) is 0.375. The zero-order chi connectivity index (χ0) is 20.4. The highest BCUT2D eigenvalue weighted by Crippen LogP contribution is 2.35. The lowest BCUT2D eigenvalue weighted by molar-refractivity contribution is 0.000907. The number of aliphatic hydroxyl groups excluding tert-OH is 2. The third-order valence-electron chi connectivity index (χ3n) is 4.97. The molecule has 2 aromatic rings. The second kappa shape index (κ2) is 8.15. The van der Waals surface area contributed by atoms with Crippen LogP contribution in [-0.2, 0) is 0 Å².